The molecule has 1 aliphatic heterocycles. The van der Waals surface area contributed by atoms with Gasteiger partial charge in [-0.2, -0.15) is 0 Å². The van der Waals surface area contributed by atoms with Crippen molar-refractivity contribution in [2.45, 2.75) is 6.54 Å². The molecule has 150 valence electrons. The zero-order valence-electron chi connectivity index (χ0n) is 15.4. The number of hydrogen-bond acceptors (Lipinski definition) is 5. The van der Waals surface area contributed by atoms with E-state index >= 15 is 0 Å². The first-order chi connectivity index (χ1) is 14.6. The maximum atomic E-state index is 14.2. The maximum absolute atomic E-state index is 14.2. The first kappa shape index (κ1) is 18.0. The van der Waals surface area contributed by atoms with E-state index < -0.39 is 11.6 Å². The molecule has 4 aromatic rings. The molecule has 0 aliphatic carbocycles. The van der Waals surface area contributed by atoms with E-state index in [1.54, 1.807) is 24.3 Å². The van der Waals surface area contributed by atoms with Gasteiger partial charge in [-0.15, -0.1) is 10.2 Å². The lowest BCUT2D eigenvalue weighted by molar-refractivity contribution is 0.0950. The van der Waals surface area contributed by atoms with Crippen LogP contribution in [0.2, 0.25) is 0 Å². The first-order valence-corrected chi connectivity index (χ1v) is 9.05. The Kier molecular flexibility index (Phi) is 4.27. The number of fused-ring (bicyclic) bond motifs is 2. The van der Waals surface area contributed by atoms with E-state index in [-0.39, 0.29) is 30.6 Å². The lowest BCUT2D eigenvalue weighted by Gasteiger charge is -2.08. The molecule has 0 bridgehead atoms. The topological polar surface area (TPSA) is 77.8 Å². The van der Waals surface area contributed by atoms with E-state index in [1.165, 1.54) is 10.6 Å². The van der Waals surface area contributed by atoms with Gasteiger partial charge in [0.25, 0.3) is 5.91 Å². The van der Waals surface area contributed by atoms with Gasteiger partial charge in [0.1, 0.15) is 11.6 Å². The fourth-order valence-corrected chi connectivity index (χ4v) is 3.21. The lowest BCUT2D eigenvalue weighted by Crippen LogP contribution is -2.23. The van der Waals surface area contributed by atoms with Crippen LogP contribution in [-0.4, -0.2) is 27.3 Å². The van der Waals surface area contributed by atoms with E-state index in [4.69, 9.17) is 9.47 Å². The van der Waals surface area contributed by atoms with E-state index in [2.05, 4.69) is 15.5 Å². The van der Waals surface area contributed by atoms with Crippen LogP contribution < -0.4 is 14.8 Å². The van der Waals surface area contributed by atoms with E-state index in [1.807, 2.05) is 6.07 Å². The average Bonchev–Trinajstić information content (AvgIpc) is 3.39. The van der Waals surface area contributed by atoms with Crippen LogP contribution in [0.1, 0.15) is 15.9 Å². The van der Waals surface area contributed by atoms with Crippen molar-refractivity contribution in [1.82, 2.24) is 19.9 Å². The van der Waals surface area contributed by atoms with Gasteiger partial charge in [-0.25, -0.2) is 8.78 Å². The molecule has 0 unspecified atom stereocenters. The van der Waals surface area contributed by atoms with Crippen molar-refractivity contribution in [3.8, 4) is 22.9 Å². The van der Waals surface area contributed by atoms with Gasteiger partial charge < -0.3 is 14.8 Å². The molecule has 0 saturated carbocycles. The summed E-state index contributed by atoms with van der Waals surface area (Å²) >= 11 is 0. The molecule has 0 spiro atoms. The molecule has 1 aliphatic rings. The van der Waals surface area contributed by atoms with Crippen LogP contribution >= 0.6 is 0 Å². The maximum Gasteiger partial charge on any atom is 0.253 e. The second-order valence-electron chi connectivity index (χ2n) is 6.66. The molecular formula is C21H14F2N4O3. The van der Waals surface area contributed by atoms with Crippen molar-refractivity contribution < 1.29 is 23.0 Å². The molecule has 5 rings (SSSR count). The molecule has 2 aromatic heterocycles. The van der Waals surface area contributed by atoms with Gasteiger partial charge in [0.05, 0.1) is 11.1 Å². The second-order valence-corrected chi connectivity index (χ2v) is 6.66. The Morgan fingerprint density at radius 1 is 1.03 bits per heavy atom. The highest BCUT2D eigenvalue weighted by Crippen LogP contribution is 2.32. The van der Waals surface area contributed by atoms with Gasteiger partial charge in [-0.1, -0.05) is 6.07 Å². The minimum atomic E-state index is -0.636. The van der Waals surface area contributed by atoms with Crippen LogP contribution in [0.25, 0.3) is 17.0 Å². The molecule has 0 fully saturated rings. The first-order valence-electron chi connectivity index (χ1n) is 9.05. The zero-order valence-corrected chi connectivity index (χ0v) is 15.4. The van der Waals surface area contributed by atoms with Crippen molar-refractivity contribution in [3.63, 3.8) is 0 Å². The molecule has 7 nitrogen and oxygen atoms in total. The summed E-state index contributed by atoms with van der Waals surface area (Å²) in [4.78, 5) is 12.6. The number of benzene rings is 2. The predicted molar refractivity (Wildman–Crippen MR) is 102 cm³/mol. The summed E-state index contributed by atoms with van der Waals surface area (Å²) in [6.45, 7) is 0.458. The lowest BCUT2D eigenvalue weighted by atomic mass is 10.2. The number of nitrogens with one attached hydrogen (secondary N) is 1. The van der Waals surface area contributed by atoms with E-state index in [9.17, 15) is 13.6 Å². The van der Waals surface area contributed by atoms with E-state index in [0.717, 1.165) is 23.8 Å². The van der Waals surface area contributed by atoms with Crippen LogP contribution in [0, 0.1) is 11.6 Å². The normalized spacial score (nSPS) is 12.3. The SMILES string of the molecule is O=C(NCc1ccc2c(c1)OCO2)c1ccc2nnc(-c3cc(F)ccc3F)n2c1. The summed E-state index contributed by atoms with van der Waals surface area (Å²) in [6.07, 6.45) is 1.49. The molecule has 1 amide bonds. The Labute approximate surface area is 168 Å². The molecular weight excluding hydrogens is 394 g/mol. The van der Waals surface area contributed by atoms with Gasteiger partial charge in [-0.3, -0.25) is 9.20 Å². The average molecular weight is 408 g/mol. The molecule has 0 radical (unpaired) electrons. The number of nitrogens with zero attached hydrogens (tertiary/aromatic N) is 3. The Morgan fingerprint density at radius 3 is 2.80 bits per heavy atom. The summed E-state index contributed by atoms with van der Waals surface area (Å²) in [5.74, 6) is -0.167. The quantitative estimate of drug-likeness (QED) is 0.561. The number of amides is 1. The Hall–Kier alpha value is -4.01. The third-order valence-corrected chi connectivity index (χ3v) is 4.72. The standard InChI is InChI=1S/C21H14F2N4O3/c22-14-3-4-16(23)15(8-14)20-26-25-19-6-2-13(10-27(19)20)21(28)24-9-12-1-5-17-18(7-12)30-11-29-17/h1-8,10H,9,11H2,(H,24,28). The van der Waals surface area contributed by atoms with Crippen molar-refractivity contribution in [1.29, 1.82) is 0 Å². The van der Waals surface area contributed by atoms with Crippen LogP contribution in [0.5, 0.6) is 11.5 Å². The van der Waals surface area contributed by atoms with Gasteiger partial charge in [0, 0.05) is 12.7 Å². The van der Waals surface area contributed by atoms with Crippen LogP contribution in [0.15, 0.2) is 54.7 Å². The van der Waals surface area contributed by atoms with Crippen molar-refractivity contribution >= 4 is 11.6 Å². The molecule has 0 saturated heterocycles. The predicted octanol–water partition coefficient (Wildman–Crippen LogP) is 3.33. The summed E-state index contributed by atoms with van der Waals surface area (Å²) in [6, 6.07) is 11.7. The van der Waals surface area contributed by atoms with Crippen LogP contribution in [-0.2, 0) is 6.54 Å². The van der Waals surface area contributed by atoms with Crippen LogP contribution in [0.4, 0.5) is 8.78 Å². The monoisotopic (exact) mass is 408 g/mol. The third kappa shape index (κ3) is 3.20. The number of ether oxygens (including phenoxy) is 2. The minimum absolute atomic E-state index is 0.0413. The molecule has 2 aromatic carbocycles. The summed E-state index contributed by atoms with van der Waals surface area (Å²) in [5.41, 5.74) is 1.53. The number of rotatable bonds is 4. The molecule has 30 heavy (non-hydrogen) atoms. The van der Waals surface area contributed by atoms with Gasteiger partial charge in [0.15, 0.2) is 23.0 Å². The third-order valence-electron chi connectivity index (χ3n) is 4.72. The summed E-state index contributed by atoms with van der Waals surface area (Å²) in [7, 11) is 0. The van der Waals surface area contributed by atoms with Gasteiger partial charge in [0.2, 0.25) is 6.79 Å². The minimum Gasteiger partial charge on any atom is -0.454 e. The summed E-state index contributed by atoms with van der Waals surface area (Å²) < 4.78 is 39.8. The Balaban J connectivity index is 1.40. The second kappa shape index (κ2) is 7.11. The van der Waals surface area contributed by atoms with Crippen LogP contribution in [0.3, 0.4) is 0 Å². The summed E-state index contributed by atoms with van der Waals surface area (Å²) in [5, 5.41) is 10.7. The molecule has 0 atom stereocenters. The largest absolute Gasteiger partial charge is 0.454 e. The van der Waals surface area contributed by atoms with Crippen molar-refractivity contribution in [2.75, 3.05) is 6.79 Å². The number of halogens is 2. The highest BCUT2D eigenvalue weighted by molar-refractivity contribution is 5.94. The van der Waals surface area contributed by atoms with Crippen molar-refractivity contribution in [2.24, 2.45) is 0 Å². The Bertz CT molecular complexity index is 1290. The van der Waals surface area contributed by atoms with Gasteiger partial charge >= 0.3 is 0 Å². The molecule has 9 heteroatoms. The number of aromatic nitrogens is 3. The van der Waals surface area contributed by atoms with E-state index in [0.29, 0.717) is 22.7 Å². The Morgan fingerprint density at radius 2 is 1.90 bits per heavy atom. The highest BCUT2D eigenvalue weighted by atomic mass is 19.1. The smallest absolute Gasteiger partial charge is 0.253 e. The molecule has 3 heterocycles. The number of pyridine rings is 1. The van der Waals surface area contributed by atoms with Crippen molar-refractivity contribution in [3.05, 3.63) is 77.5 Å². The fraction of sp³-hybridized carbons (Fsp3) is 0.0952. The number of carbonyl (C=O) groups excluding carboxylic acids is 1. The highest BCUT2D eigenvalue weighted by Gasteiger charge is 2.16. The fourth-order valence-electron chi connectivity index (χ4n) is 3.21. The zero-order chi connectivity index (χ0) is 20.7. The number of hydrogen-bond donors (Lipinski definition) is 1. The van der Waals surface area contributed by atoms with Gasteiger partial charge in [-0.05, 0) is 48.0 Å². The number of carbonyl (C=O) groups is 1. The molecule has 1 N–H and O–H groups in total.